The molecule has 2 heterocycles. The van der Waals surface area contributed by atoms with Crippen molar-refractivity contribution in [3.8, 4) is 0 Å². The van der Waals surface area contributed by atoms with Gasteiger partial charge in [0.25, 0.3) is 0 Å². The molecular formula is C10H30OSi6. The van der Waals surface area contributed by atoms with Gasteiger partial charge in [-0.1, -0.05) is 65.5 Å². The minimum atomic E-state index is -1.32. The van der Waals surface area contributed by atoms with Crippen LogP contribution < -0.4 is 0 Å². The number of rotatable bonds is 0. The Hall–Kier alpha value is 1.26. The van der Waals surface area contributed by atoms with Gasteiger partial charge in [-0.2, -0.15) is 0 Å². The first-order valence-electron chi connectivity index (χ1n) is 6.91. The van der Waals surface area contributed by atoms with E-state index in [0.29, 0.717) is 0 Å². The van der Waals surface area contributed by atoms with E-state index in [-0.39, 0.29) is 0 Å². The molecule has 0 aromatic rings. The maximum atomic E-state index is 7.23. The Kier molecular flexibility index (Phi) is 2.69. The van der Waals surface area contributed by atoms with Crippen molar-refractivity contribution in [3.63, 3.8) is 0 Å². The highest BCUT2D eigenvalue weighted by molar-refractivity contribution is 8.16. The normalized spacial score (nSPS) is 48.4. The molecule has 0 saturated carbocycles. The van der Waals surface area contributed by atoms with Crippen LogP contribution in [0.1, 0.15) is 0 Å². The average Bonchev–Trinajstić information content (AvgIpc) is 2.31. The van der Waals surface area contributed by atoms with Crippen molar-refractivity contribution in [2.45, 2.75) is 65.5 Å². The summed E-state index contributed by atoms with van der Waals surface area (Å²) in [4.78, 5) is 0. The zero-order valence-corrected chi connectivity index (χ0v) is 19.4. The fourth-order valence-corrected chi connectivity index (χ4v) is 254. The molecule has 100 valence electrons. The summed E-state index contributed by atoms with van der Waals surface area (Å²) in [5.74, 6) is 0. The van der Waals surface area contributed by atoms with Gasteiger partial charge in [-0.05, 0) is 0 Å². The Morgan fingerprint density at radius 3 is 0.706 bits per heavy atom. The summed E-state index contributed by atoms with van der Waals surface area (Å²) in [5, 5.41) is 0. The molecule has 7 heteroatoms. The largest absolute Gasteiger partial charge is 0.465 e. The van der Waals surface area contributed by atoms with Gasteiger partial charge in [0.15, 0.2) is 0 Å². The first-order valence-corrected chi connectivity index (χ1v) is 29.7. The van der Waals surface area contributed by atoms with Crippen molar-refractivity contribution in [2.24, 2.45) is 0 Å². The van der Waals surface area contributed by atoms with Gasteiger partial charge in [0.05, 0.1) is 28.4 Å². The van der Waals surface area contributed by atoms with Crippen molar-refractivity contribution in [1.29, 1.82) is 0 Å². The third-order valence-electron chi connectivity index (χ3n) is 8.30. The van der Waals surface area contributed by atoms with Crippen LogP contribution in [-0.2, 0) is 4.12 Å². The van der Waals surface area contributed by atoms with Gasteiger partial charge in [-0.25, -0.2) is 0 Å². The molecule has 0 unspecified atom stereocenters. The predicted molar refractivity (Wildman–Crippen MR) is 94.2 cm³/mol. The fourth-order valence-electron chi connectivity index (χ4n) is 4.87. The molecule has 2 rings (SSSR count). The first-order chi connectivity index (χ1) is 7.21. The van der Waals surface area contributed by atoms with Crippen LogP contribution in [0.4, 0.5) is 0 Å². The Labute approximate surface area is 112 Å². The third-order valence-corrected chi connectivity index (χ3v) is 154. The molecule has 0 radical (unpaired) electrons. The molecule has 2 aliphatic heterocycles. The van der Waals surface area contributed by atoms with Gasteiger partial charge < -0.3 is 4.12 Å². The molecular weight excluding hydrogens is 305 g/mol. The monoisotopic (exact) mass is 334 g/mol. The van der Waals surface area contributed by atoms with Crippen molar-refractivity contribution in [2.75, 3.05) is 0 Å². The lowest BCUT2D eigenvalue weighted by atomic mass is 11.9. The van der Waals surface area contributed by atoms with Gasteiger partial charge in [-0.3, -0.25) is 0 Å². The van der Waals surface area contributed by atoms with Gasteiger partial charge in [-0.15, -0.1) is 0 Å². The second-order valence-corrected chi connectivity index (χ2v) is 77.1. The SMILES string of the molecule is C[Si]1(C)[Si](C)(C)[Si]2(C)O[Si]1(C)[Si](C)(C)[Si]2(C)C. The van der Waals surface area contributed by atoms with E-state index in [2.05, 4.69) is 65.5 Å². The highest BCUT2D eigenvalue weighted by atomic mass is 30.2. The van der Waals surface area contributed by atoms with E-state index in [0.717, 1.165) is 0 Å². The van der Waals surface area contributed by atoms with Crippen LogP contribution in [0.15, 0.2) is 0 Å². The smallest absolute Gasteiger partial charge is 0.145 e. The highest BCUT2D eigenvalue weighted by Gasteiger charge is 2.88. The topological polar surface area (TPSA) is 9.23 Å². The lowest BCUT2D eigenvalue weighted by molar-refractivity contribution is 0.617. The van der Waals surface area contributed by atoms with Gasteiger partial charge in [0.1, 0.15) is 14.7 Å². The Balaban J connectivity index is 2.79. The lowest BCUT2D eigenvalue weighted by Gasteiger charge is -2.59. The minimum Gasteiger partial charge on any atom is -0.465 e. The molecule has 2 fully saturated rings. The molecule has 2 aliphatic rings. The molecule has 0 aliphatic carbocycles. The van der Waals surface area contributed by atoms with Crippen molar-refractivity contribution >= 4 is 43.1 Å². The summed E-state index contributed by atoms with van der Waals surface area (Å²) in [5.41, 5.74) is 0. The van der Waals surface area contributed by atoms with Crippen molar-refractivity contribution in [3.05, 3.63) is 0 Å². The molecule has 2 bridgehead atoms. The maximum absolute atomic E-state index is 7.23. The molecule has 0 amide bonds. The average molecular weight is 335 g/mol. The van der Waals surface area contributed by atoms with E-state index in [1.165, 1.54) is 0 Å². The molecule has 17 heavy (non-hydrogen) atoms. The third kappa shape index (κ3) is 1.07. The van der Waals surface area contributed by atoms with Crippen LogP contribution in [0.2, 0.25) is 65.5 Å². The first kappa shape index (κ1) is 14.7. The quantitative estimate of drug-likeness (QED) is 0.616. The molecule has 1 nitrogen and oxygen atoms in total. The summed E-state index contributed by atoms with van der Waals surface area (Å²) in [6, 6.07) is 0. The molecule has 0 atom stereocenters. The zero-order valence-electron chi connectivity index (χ0n) is 13.4. The van der Waals surface area contributed by atoms with E-state index < -0.39 is 43.1 Å². The molecule has 0 N–H and O–H groups in total. The van der Waals surface area contributed by atoms with Gasteiger partial charge in [0.2, 0.25) is 0 Å². The van der Waals surface area contributed by atoms with Crippen LogP contribution in [0.3, 0.4) is 0 Å². The maximum Gasteiger partial charge on any atom is 0.145 e. The summed E-state index contributed by atoms with van der Waals surface area (Å²) >= 11 is 0. The Bertz CT molecular complexity index is 322. The van der Waals surface area contributed by atoms with Crippen molar-refractivity contribution < 1.29 is 4.12 Å². The zero-order chi connectivity index (χ0) is 13.7. The molecule has 0 aromatic carbocycles. The molecule has 2 saturated heterocycles. The van der Waals surface area contributed by atoms with Crippen LogP contribution in [-0.4, -0.2) is 43.1 Å². The number of hydrogen-bond donors (Lipinski definition) is 0. The van der Waals surface area contributed by atoms with Gasteiger partial charge >= 0.3 is 0 Å². The Morgan fingerprint density at radius 1 is 0.412 bits per heavy atom. The number of fused-ring (bicyclic) bond motifs is 2. The van der Waals surface area contributed by atoms with Crippen LogP contribution in [0.5, 0.6) is 0 Å². The fraction of sp³-hybridized carbons (Fsp3) is 1.00. The summed E-state index contributed by atoms with van der Waals surface area (Å²) < 4.78 is 7.23. The molecule has 0 spiro atoms. The lowest BCUT2D eigenvalue weighted by Crippen LogP contribution is -2.92. The predicted octanol–water partition coefficient (Wildman–Crippen LogP) is 3.48. The van der Waals surface area contributed by atoms with Crippen LogP contribution in [0.25, 0.3) is 0 Å². The van der Waals surface area contributed by atoms with E-state index in [1.54, 1.807) is 0 Å². The summed E-state index contributed by atoms with van der Waals surface area (Å²) in [6.07, 6.45) is 0. The Morgan fingerprint density at radius 2 is 0.588 bits per heavy atom. The summed E-state index contributed by atoms with van der Waals surface area (Å²) in [6.45, 7) is 27.3. The van der Waals surface area contributed by atoms with E-state index in [1.807, 2.05) is 0 Å². The standard InChI is InChI=1S/C10H30OSi6/c1-12(2)13(3,4)17(10)11-16(12,9)14(5,6)15(17,7)8/h1-10H3. The molecule has 0 aromatic heterocycles. The second-order valence-electron chi connectivity index (χ2n) is 8.67. The van der Waals surface area contributed by atoms with E-state index >= 15 is 0 Å². The minimum absolute atomic E-state index is 1.05. The summed E-state index contributed by atoms with van der Waals surface area (Å²) in [7, 11) is -6.86. The van der Waals surface area contributed by atoms with E-state index in [9.17, 15) is 0 Å². The second kappa shape index (κ2) is 3.12. The van der Waals surface area contributed by atoms with Gasteiger partial charge in [0, 0.05) is 0 Å². The van der Waals surface area contributed by atoms with Crippen LogP contribution in [0, 0.1) is 0 Å². The van der Waals surface area contributed by atoms with E-state index in [4.69, 9.17) is 4.12 Å². The van der Waals surface area contributed by atoms with Crippen LogP contribution >= 0.6 is 0 Å². The highest BCUT2D eigenvalue weighted by Crippen LogP contribution is 2.59. The van der Waals surface area contributed by atoms with Crippen molar-refractivity contribution in [1.82, 2.24) is 0 Å². The number of hydrogen-bond acceptors (Lipinski definition) is 1.